The molecule has 0 atom stereocenters. The molecular formula is C22H24N6O2. The van der Waals surface area contributed by atoms with Gasteiger partial charge in [-0.15, -0.1) is 0 Å². The quantitative estimate of drug-likeness (QED) is 0.533. The van der Waals surface area contributed by atoms with E-state index < -0.39 is 0 Å². The first kappa shape index (κ1) is 18.6. The summed E-state index contributed by atoms with van der Waals surface area (Å²) in [5, 5.41) is 20.2. The van der Waals surface area contributed by atoms with Gasteiger partial charge in [0.25, 0.3) is 11.8 Å². The van der Waals surface area contributed by atoms with Crippen LogP contribution in [-0.4, -0.2) is 32.2 Å². The lowest BCUT2D eigenvalue weighted by Gasteiger charge is -2.12. The molecule has 2 aliphatic rings. The number of anilines is 2. The van der Waals surface area contributed by atoms with Gasteiger partial charge in [0.2, 0.25) is 0 Å². The molecule has 2 heterocycles. The average Bonchev–Trinajstić information content (AvgIpc) is 3.38. The van der Waals surface area contributed by atoms with Crippen molar-refractivity contribution in [1.82, 2.24) is 20.4 Å². The number of carbonyl (C=O) groups excluding carboxylic acids is 2. The number of amides is 2. The Morgan fingerprint density at radius 2 is 1.20 bits per heavy atom. The lowest BCUT2D eigenvalue weighted by molar-refractivity contribution is 0.101. The number of hydrogen-bond donors (Lipinski definition) is 4. The molecule has 4 N–H and O–H groups in total. The Morgan fingerprint density at radius 3 is 1.70 bits per heavy atom. The fourth-order valence-electron chi connectivity index (χ4n) is 4.39. The number of nitrogens with zero attached hydrogens (tertiary/aromatic N) is 2. The molecule has 0 unspecified atom stereocenters. The number of hydrogen-bond acceptors (Lipinski definition) is 4. The van der Waals surface area contributed by atoms with Gasteiger partial charge in [-0.05, 0) is 69.6 Å². The van der Waals surface area contributed by atoms with Crippen LogP contribution in [0.25, 0.3) is 0 Å². The molecule has 0 aliphatic heterocycles. The summed E-state index contributed by atoms with van der Waals surface area (Å²) >= 11 is 0. The maximum Gasteiger partial charge on any atom is 0.276 e. The highest BCUT2D eigenvalue weighted by Crippen LogP contribution is 2.25. The zero-order chi connectivity index (χ0) is 20.5. The van der Waals surface area contributed by atoms with E-state index in [0.29, 0.717) is 22.8 Å². The first-order valence-corrected chi connectivity index (χ1v) is 10.5. The van der Waals surface area contributed by atoms with Crippen molar-refractivity contribution in [3.05, 3.63) is 58.2 Å². The summed E-state index contributed by atoms with van der Waals surface area (Å²) in [7, 11) is 0. The van der Waals surface area contributed by atoms with Gasteiger partial charge in [-0.1, -0.05) is 6.07 Å². The average molecular weight is 404 g/mol. The Kier molecular flexibility index (Phi) is 4.82. The second kappa shape index (κ2) is 7.78. The molecule has 0 radical (unpaired) electrons. The lowest BCUT2D eigenvalue weighted by atomic mass is 9.95. The lowest BCUT2D eigenvalue weighted by Crippen LogP contribution is -2.17. The van der Waals surface area contributed by atoms with Gasteiger partial charge in [0.05, 0.1) is 0 Å². The molecule has 3 aromatic rings. The molecule has 154 valence electrons. The van der Waals surface area contributed by atoms with Crippen LogP contribution < -0.4 is 10.6 Å². The maximum atomic E-state index is 12.7. The third kappa shape index (κ3) is 3.49. The van der Waals surface area contributed by atoms with Gasteiger partial charge in [-0.3, -0.25) is 19.8 Å². The minimum Gasteiger partial charge on any atom is -0.321 e. The second-order valence-electron chi connectivity index (χ2n) is 7.96. The van der Waals surface area contributed by atoms with Crippen LogP contribution in [0.1, 0.15) is 69.2 Å². The Bertz CT molecular complexity index is 1030. The van der Waals surface area contributed by atoms with E-state index in [1.807, 2.05) is 0 Å². The summed E-state index contributed by atoms with van der Waals surface area (Å²) in [5.74, 6) is -0.474. The van der Waals surface area contributed by atoms with Crippen molar-refractivity contribution in [2.75, 3.05) is 10.6 Å². The van der Waals surface area contributed by atoms with E-state index in [1.54, 1.807) is 24.3 Å². The molecule has 0 bridgehead atoms. The molecule has 0 spiro atoms. The number of benzene rings is 1. The third-order valence-corrected chi connectivity index (χ3v) is 5.92. The summed E-state index contributed by atoms with van der Waals surface area (Å²) in [5.41, 5.74) is 6.30. The SMILES string of the molecule is O=C(Nc1cccc(NC(=O)c2n[nH]c3c2CCCC3)c1)c1n[nH]c2c1CCCC2. The Balaban J connectivity index is 1.30. The first-order chi connectivity index (χ1) is 14.7. The second-order valence-corrected chi connectivity index (χ2v) is 7.96. The molecule has 2 aliphatic carbocycles. The number of aryl methyl sites for hydroxylation is 2. The van der Waals surface area contributed by atoms with Crippen molar-refractivity contribution in [3.8, 4) is 0 Å². The fourth-order valence-corrected chi connectivity index (χ4v) is 4.39. The van der Waals surface area contributed by atoms with Crippen LogP contribution >= 0.6 is 0 Å². The van der Waals surface area contributed by atoms with E-state index in [2.05, 4.69) is 31.0 Å². The van der Waals surface area contributed by atoms with Gasteiger partial charge in [0.15, 0.2) is 11.4 Å². The number of rotatable bonds is 4. The number of carbonyl (C=O) groups is 2. The van der Waals surface area contributed by atoms with Crippen molar-refractivity contribution in [2.45, 2.75) is 51.4 Å². The van der Waals surface area contributed by atoms with E-state index in [1.165, 1.54) is 0 Å². The minimum absolute atomic E-state index is 0.237. The van der Waals surface area contributed by atoms with Crippen molar-refractivity contribution in [3.63, 3.8) is 0 Å². The Morgan fingerprint density at radius 1 is 0.733 bits per heavy atom. The van der Waals surface area contributed by atoms with Crippen LogP contribution in [0, 0.1) is 0 Å². The van der Waals surface area contributed by atoms with E-state index in [-0.39, 0.29) is 11.8 Å². The van der Waals surface area contributed by atoms with Gasteiger partial charge in [0, 0.05) is 33.9 Å². The van der Waals surface area contributed by atoms with Crippen LogP contribution in [0.5, 0.6) is 0 Å². The van der Waals surface area contributed by atoms with Gasteiger partial charge in [-0.2, -0.15) is 10.2 Å². The summed E-state index contributed by atoms with van der Waals surface area (Å²) in [4.78, 5) is 25.5. The van der Waals surface area contributed by atoms with Crippen LogP contribution in [-0.2, 0) is 25.7 Å². The van der Waals surface area contributed by atoms with E-state index in [0.717, 1.165) is 73.9 Å². The molecule has 2 amide bonds. The van der Waals surface area contributed by atoms with Crippen molar-refractivity contribution < 1.29 is 9.59 Å². The highest BCUT2D eigenvalue weighted by atomic mass is 16.2. The molecule has 8 nitrogen and oxygen atoms in total. The smallest absolute Gasteiger partial charge is 0.276 e. The molecule has 0 saturated heterocycles. The monoisotopic (exact) mass is 404 g/mol. The van der Waals surface area contributed by atoms with Gasteiger partial charge >= 0.3 is 0 Å². The molecule has 1 aromatic carbocycles. The minimum atomic E-state index is -0.237. The molecule has 5 rings (SSSR count). The first-order valence-electron chi connectivity index (χ1n) is 10.5. The maximum absolute atomic E-state index is 12.7. The Hall–Kier alpha value is -3.42. The standard InChI is InChI=1S/C22H24N6O2/c29-21(19-15-8-1-3-10-17(15)25-27-19)23-13-6-5-7-14(12-13)24-22(30)20-16-9-2-4-11-18(16)26-28-20/h5-7,12H,1-4,8-11H2,(H,23,29)(H,24,30)(H,25,27)(H,26,28). The zero-order valence-corrected chi connectivity index (χ0v) is 16.7. The Labute approximate surface area is 173 Å². The van der Waals surface area contributed by atoms with Crippen molar-refractivity contribution in [2.24, 2.45) is 0 Å². The third-order valence-electron chi connectivity index (χ3n) is 5.92. The zero-order valence-electron chi connectivity index (χ0n) is 16.7. The topological polar surface area (TPSA) is 116 Å². The summed E-state index contributed by atoms with van der Waals surface area (Å²) < 4.78 is 0. The fraction of sp³-hybridized carbons (Fsp3) is 0.364. The van der Waals surface area contributed by atoms with E-state index >= 15 is 0 Å². The van der Waals surface area contributed by atoms with Gasteiger partial charge < -0.3 is 10.6 Å². The van der Waals surface area contributed by atoms with Gasteiger partial charge in [-0.25, -0.2) is 0 Å². The number of aromatic amines is 2. The highest BCUT2D eigenvalue weighted by Gasteiger charge is 2.23. The summed E-state index contributed by atoms with van der Waals surface area (Å²) in [6, 6.07) is 7.13. The summed E-state index contributed by atoms with van der Waals surface area (Å²) in [6.07, 6.45) is 8.02. The van der Waals surface area contributed by atoms with E-state index in [9.17, 15) is 9.59 Å². The molecule has 30 heavy (non-hydrogen) atoms. The van der Waals surface area contributed by atoms with Crippen LogP contribution in [0.3, 0.4) is 0 Å². The van der Waals surface area contributed by atoms with Crippen LogP contribution in [0.15, 0.2) is 24.3 Å². The molecule has 0 saturated carbocycles. The number of fused-ring (bicyclic) bond motifs is 2. The molecule has 2 aromatic heterocycles. The van der Waals surface area contributed by atoms with Gasteiger partial charge in [0.1, 0.15) is 0 Å². The molecule has 8 heteroatoms. The number of aromatic nitrogens is 4. The predicted molar refractivity (Wildman–Crippen MR) is 113 cm³/mol. The largest absolute Gasteiger partial charge is 0.321 e. The molecular weight excluding hydrogens is 380 g/mol. The predicted octanol–water partition coefficient (Wildman–Crippen LogP) is 3.40. The van der Waals surface area contributed by atoms with Crippen LogP contribution in [0.4, 0.5) is 11.4 Å². The number of H-pyrrole nitrogens is 2. The summed E-state index contributed by atoms with van der Waals surface area (Å²) in [6.45, 7) is 0. The van der Waals surface area contributed by atoms with Crippen molar-refractivity contribution >= 4 is 23.2 Å². The number of nitrogens with one attached hydrogen (secondary N) is 4. The normalized spacial score (nSPS) is 15.2. The van der Waals surface area contributed by atoms with E-state index in [4.69, 9.17) is 0 Å². The van der Waals surface area contributed by atoms with Crippen LogP contribution in [0.2, 0.25) is 0 Å². The van der Waals surface area contributed by atoms with Crippen molar-refractivity contribution in [1.29, 1.82) is 0 Å². The molecule has 0 fully saturated rings. The highest BCUT2D eigenvalue weighted by molar-refractivity contribution is 6.06.